The predicted octanol–water partition coefficient (Wildman–Crippen LogP) is 3.19. The van der Waals surface area contributed by atoms with Crippen molar-refractivity contribution < 1.29 is 14.3 Å². The monoisotopic (exact) mass is 332 g/mol. The Labute approximate surface area is 145 Å². The third-order valence-electron chi connectivity index (χ3n) is 3.61. The molecule has 2 aromatic rings. The molecule has 0 aromatic heterocycles. The lowest BCUT2D eigenvalue weighted by Crippen LogP contribution is -2.23. The van der Waals surface area contributed by atoms with Gasteiger partial charge in [-0.05, 0) is 29.3 Å². The van der Waals surface area contributed by atoms with E-state index in [0.29, 0.717) is 18.0 Å². The van der Waals surface area contributed by atoms with Gasteiger partial charge in [-0.3, -0.25) is 4.79 Å². The number of allylic oxidation sites excluding steroid dienone is 2. The van der Waals surface area contributed by atoms with E-state index in [-0.39, 0.29) is 12.4 Å². The number of nitrogens with one attached hydrogen (secondary N) is 1. The summed E-state index contributed by atoms with van der Waals surface area (Å²) in [6.07, 6.45) is 4.95. The van der Waals surface area contributed by atoms with Crippen LogP contribution >= 0.6 is 0 Å². The van der Waals surface area contributed by atoms with Crippen LogP contribution in [0.1, 0.15) is 11.1 Å². The average molecular weight is 332 g/mol. The Balaban J connectivity index is 1.62. The maximum absolute atomic E-state index is 12.1. The second kappa shape index (κ2) is 7.84. The van der Waals surface area contributed by atoms with Gasteiger partial charge in [-0.15, -0.1) is 0 Å². The van der Waals surface area contributed by atoms with E-state index >= 15 is 0 Å². The van der Waals surface area contributed by atoms with E-state index in [0.717, 1.165) is 11.1 Å². The van der Waals surface area contributed by atoms with Crippen molar-refractivity contribution in [2.24, 2.45) is 0 Å². The third-order valence-corrected chi connectivity index (χ3v) is 3.61. The average Bonchev–Trinajstić information content (AvgIpc) is 3.12. The molecule has 0 unspecified atom stereocenters. The van der Waals surface area contributed by atoms with Crippen molar-refractivity contribution in [2.45, 2.75) is 6.54 Å². The maximum Gasteiger partial charge on any atom is 0.262 e. The molecule has 1 amide bonds. The van der Waals surface area contributed by atoms with Gasteiger partial charge in [0.2, 0.25) is 6.79 Å². The molecule has 0 aliphatic carbocycles. The van der Waals surface area contributed by atoms with Gasteiger partial charge in [0.1, 0.15) is 11.6 Å². The molecule has 1 heterocycles. The topological polar surface area (TPSA) is 71.3 Å². The summed E-state index contributed by atoms with van der Waals surface area (Å²) < 4.78 is 10.6. The number of nitriles is 1. The minimum Gasteiger partial charge on any atom is -0.454 e. The van der Waals surface area contributed by atoms with Crippen molar-refractivity contribution >= 4 is 12.0 Å². The number of carbonyl (C=O) groups is 1. The van der Waals surface area contributed by atoms with Gasteiger partial charge in [0, 0.05) is 6.54 Å². The molecular weight excluding hydrogens is 316 g/mol. The van der Waals surface area contributed by atoms with E-state index in [1.807, 2.05) is 54.6 Å². The fraction of sp³-hybridized carbons (Fsp3) is 0.100. The molecule has 1 aliphatic heterocycles. The summed E-state index contributed by atoms with van der Waals surface area (Å²) in [7, 11) is 0. The number of carbonyl (C=O) groups excluding carboxylic acids is 1. The highest BCUT2D eigenvalue weighted by Crippen LogP contribution is 2.32. The van der Waals surface area contributed by atoms with E-state index in [1.54, 1.807) is 12.2 Å². The molecule has 1 aliphatic rings. The Kier molecular flexibility index (Phi) is 5.13. The lowest BCUT2D eigenvalue weighted by molar-refractivity contribution is -0.117. The molecule has 5 heteroatoms. The lowest BCUT2D eigenvalue weighted by atomic mass is 10.1. The molecule has 124 valence electrons. The maximum atomic E-state index is 12.1. The van der Waals surface area contributed by atoms with Crippen LogP contribution in [-0.4, -0.2) is 12.7 Å². The molecule has 0 bridgehead atoms. The first-order valence-electron chi connectivity index (χ1n) is 7.76. The fourth-order valence-electron chi connectivity index (χ4n) is 2.31. The van der Waals surface area contributed by atoms with Crippen molar-refractivity contribution in [3.8, 4) is 17.6 Å². The summed E-state index contributed by atoms with van der Waals surface area (Å²) >= 11 is 0. The molecule has 0 spiro atoms. The Morgan fingerprint density at radius 1 is 1.16 bits per heavy atom. The van der Waals surface area contributed by atoms with Crippen LogP contribution in [0.2, 0.25) is 0 Å². The van der Waals surface area contributed by atoms with Gasteiger partial charge < -0.3 is 14.8 Å². The second-order valence-electron chi connectivity index (χ2n) is 5.33. The summed E-state index contributed by atoms with van der Waals surface area (Å²) in [6, 6.07) is 17.0. The predicted molar refractivity (Wildman–Crippen MR) is 93.6 cm³/mol. The highest BCUT2D eigenvalue weighted by atomic mass is 16.7. The molecule has 2 aromatic carbocycles. The van der Waals surface area contributed by atoms with Gasteiger partial charge in [0.15, 0.2) is 11.5 Å². The molecule has 0 atom stereocenters. The van der Waals surface area contributed by atoms with E-state index in [2.05, 4.69) is 5.32 Å². The minimum absolute atomic E-state index is 0.0490. The molecule has 1 N–H and O–H groups in total. The zero-order valence-electron chi connectivity index (χ0n) is 13.4. The number of amides is 1. The molecule has 3 rings (SSSR count). The van der Waals surface area contributed by atoms with Crippen LogP contribution in [0.3, 0.4) is 0 Å². The first-order valence-corrected chi connectivity index (χ1v) is 7.76. The van der Waals surface area contributed by atoms with Gasteiger partial charge in [-0.1, -0.05) is 48.6 Å². The van der Waals surface area contributed by atoms with Gasteiger partial charge in [-0.25, -0.2) is 0 Å². The molecular formula is C20H16N2O3. The fourth-order valence-corrected chi connectivity index (χ4v) is 2.31. The van der Waals surface area contributed by atoms with Crippen LogP contribution in [0.4, 0.5) is 0 Å². The van der Waals surface area contributed by atoms with Crippen LogP contribution < -0.4 is 14.8 Å². The molecule has 5 nitrogen and oxygen atoms in total. The van der Waals surface area contributed by atoms with Gasteiger partial charge in [0.25, 0.3) is 5.91 Å². The Morgan fingerprint density at radius 3 is 2.76 bits per heavy atom. The summed E-state index contributed by atoms with van der Waals surface area (Å²) in [5, 5.41) is 11.9. The van der Waals surface area contributed by atoms with Crippen LogP contribution in [0.25, 0.3) is 6.08 Å². The smallest absolute Gasteiger partial charge is 0.262 e. The normalized spacial score (nSPS) is 12.8. The molecule has 0 saturated heterocycles. The zero-order valence-corrected chi connectivity index (χ0v) is 13.4. The summed E-state index contributed by atoms with van der Waals surface area (Å²) in [5.74, 6) is 1.000. The number of hydrogen-bond acceptors (Lipinski definition) is 4. The highest BCUT2D eigenvalue weighted by molar-refractivity contribution is 5.97. The van der Waals surface area contributed by atoms with E-state index in [1.165, 1.54) is 6.08 Å². The van der Waals surface area contributed by atoms with Gasteiger partial charge >= 0.3 is 0 Å². The highest BCUT2D eigenvalue weighted by Gasteiger charge is 2.12. The Bertz CT molecular complexity index is 864. The summed E-state index contributed by atoms with van der Waals surface area (Å²) in [5.41, 5.74) is 1.92. The second-order valence-corrected chi connectivity index (χ2v) is 5.33. The van der Waals surface area contributed by atoms with Crippen LogP contribution in [-0.2, 0) is 11.3 Å². The zero-order chi connectivity index (χ0) is 17.5. The first-order chi connectivity index (χ1) is 12.3. The Morgan fingerprint density at radius 2 is 1.96 bits per heavy atom. The van der Waals surface area contributed by atoms with Gasteiger partial charge in [0.05, 0.1) is 0 Å². The molecule has 0 fully saturated rings. The van der Waals surface area contributed by atoms with E-state index < -0.39 is 5.91 Å². The minimum atomic E-state index is -0.401. The Hall–Kier alpha value is -3.52. The van der Waals surface area contributed by atoms with Crippen molar-refractivity contribution in [1.82, 2.24) is 5.32 Å². The van der Waals surface area contributed by atoms with Crippen LogP contribution in [0, 0.1) is 11.3 Å². The number of rotatable bonds is 5. The lowest BCUT2D eigenvalue weighted by Gasteiger charge is -2.03. The van der Waals surface area contributed by atoms with Gasteiger partial charge in [-0.2, -0.15) is 5.26 Å². The quantitative estimate of drug-likeness (QED) is 0.518. The SMILES string of the molecule is N#CC(=CC=Cc1ccc2c(c1)OCO2)C(=O)NCc1ccccc1. The summed E-state index contributed by atoms with van der Waals surface area (Å²) in [4.78, 5) is 12.1. The van der Waals surface area contributed by atoms with Crippen molar-refractivity contribution in [3.05, 3.63) is 77.4 Å². The van der Waals surface area contributed by atoms with Crippen molar-refractivity contribution in [3.63, 3.8) is 0 Å². The van der Waals surface area contributed by atoms with Crippen LogP contribution in [0.15, 0.2) is 66.3 Å². The molecule has 25 heavy (non-hydrogen) atoms. The van der Waals surface area contributed by atoms with E-state index in [9.17, 15) is 4.79 Å². The number of ether oxygens (including phenoxy) is 2. The van der Waals surface area contributed by atoms with E-state index in [4.69, 9.17) is 14.7 Å². The number of hydrogen-bond donors (Lipinski definition) is 1. The third kappa shape index (κ3) is 4.27. The first kappa shape index (κ1) is 16.3. The largest absolute Gasteiger partial charge is 0.454 e. The molecule has 0 saturated carbocycles. The molecule has 0 radical (unpaired) electrons. The van der Waals surface area contributed by atoms with Crippen molar-refractivity contribution in [2.75, 3.05) is 6.79 Å². The van der Waals surface area contributed by atoms with Crippen molar-refractivity contribution in [1.29, 1.82) is 5.26 Å². The standard InChI is InChI=1S/C20H16N2O3/c21-12-17(20(23)22-13-16-5-2-1-3-6-16)8-4-7-15-9-10-18-19(11-15)25-14-24-18/h1-11H,13-14H2,(H,22,23). The number of benzene rings is 2. The number of nitrogens with zero attached hydrogens (tertiary/aromatic N) is 1. The van der Waals surface area contributed by atoms with Crippen LogP contribution in [0.5, 0.6) is 11.5 Å². The summed E-state index contributed by atoms with van der Waals surface area (Å²) in [6.45, 7) is 0.604. The number of fused-ring (bicyclic) bond motifs is 1.